The molecule has 0 radical (unpaired) electrons. The molecular formula is C19H26IN3O3. The lowest BCUT2D eigenvalue weighted by molar-refractivity contribution is 0.311. The molecule has 2 aromatic carbocycles. The lowest BCUT2D eigenvalue weighted by Crippen LogP contribution is -2.23. The molecule has 0 spiro atoms. The fourth-order valence-corrected chi connectivity index (χ4v) is 2.25. The maximum absolute atomic E-state index is 5.94. The third-order valence-electron chi connectivity index (χ3n) is 3.61. The number of para-hydroxylation sites is 1. The summed E-state index contributed by atoms with van der Waals surface area (Å²) >= 11 is 0. The smallest absolute Gasteiger partial charge is 0.193 e. The molecule has 0 atom stereocenters. The second-order valence-electron chi connectivity index (χ2n) is 5.43. The van der Waals surface area contributed by atoms with Crippen molar-refractivity contribution < 1.29 is 14.2 Å². The topological polar surface area (TPSA) is 78.1 Å². The molecular weight excluding hydrogens is 445 g/mol. The lowest BCUT2D eigenvalue weighted by atomic mass is 10.2. The minimum absolute atomic E-state index is 0. The molecule has 0 heterocycles. The van der Waals surface area contributed by atoms with Gasteiger partial charge in [0.1, 0.15) is 17.2 Å². The lowest BCUT2D eigenvalue weighted by Gasteiger charge is -2.12. The number of anilines is 1. The van der Waals surface area contributed by atoms with E-state index >= 15 is 0 Å². The van der Waals surface area contributed by atoms with Crippen molar-refractivity contribution in [2.75, 3.05) is 32.7 Å². The predicted octanol–water partition coefficient (Wildman–Crippen LogP) is 3.83. The summed E-state index contributed by atoms with van der Waals surface area (Å²) in [6.07, 6.45) is 0.770. The van der Waals surface area contributed by atoms with Gasteiger partial charge in [0.05, 0.1) is 26.5 Å². The highest BCUT2D eigenvalue weighted by Gasteiger charge is 2.06. The van der Waals surface area contributed by atoms with Crippen LogP contribution in [0.3, 0.4) is 0 Å². The first kappa shape index (κ1) is 21.9. The van der Waals surface area contributed by atoms with Crippen LogP contribution in [0.4, 0.5) is 5.69 Å². The summed E-state index contributed by atoms with van der Waals surface area (Å²) in [6, 6.07) is 13.4. The van der Waals surface area contributed by atoms with Crippen molar-refractivity contribution >= 4 is 35.6 Å². The van der Waals surface area contributed by atoms with Crippen molar-refractivity contribution in [3.8, 4) is 17.2 Å². The molecule has 2 rings (SSSR count). The van der Waals surface area contributed by atoms with Crippen molar-refractivity contribution in [1.29, 1.82) is 0 Å². The van der Waals surface area contributed by atoms with Crippen LogP contribution in [0.2, 0.25) is 0 Å². The number of guanidine groups is 1. The van der Waals surface area contributed by atoms with Gasteiger partial charge in [-0.3, -0.25) is 4.99 Å². The Kier molecular flexibility index (Phi) is 9.64. The van der Waals surface area contributed by atoms with E-state index in [1.807, 2.05) is 49.4 Å². The van der Waals surface area contributed by atoms with Crippen molar-refractivity contribution in [3.63, 3.8) is 0 Å². The van der Waals surface area contributed by atoms with E-state index in [0.29, 0.717) is 36.3 Å². The summed E-state index contributed by atoms with van der Waals surface area (Å²) in [6.45, 7) is 3.18. The Bertz CT molecular complexity index is 723. The fraction of sp³-hybridized carbons (Fsp3) is 0.316. The number of nitrogens with two attached hydrogens (primary N) is 1. The van der Waals surface area contributed by atoms with E-state index in [1.165, 1.54) is 0 Å². The molecule has 0 saturated carbocycles. The van der Waals surface area contributed by atoms with E-state index < -0.39 is 0 Å². The first-order chi connectivity index (χ1) is 12.1. The second kappa shape index (κ2) is 11.5. The Morgan fingerprint density at radius 2 is 1.85 bits per heavy atom. The van der Waals surface area contributed by atoms with Crippen LogP contribution in [0.15, 0.2) is 47.5 Å². The first-order valence-electron chi connectivity index (χ1n) is 8.11. The molecule has 3 N–H and O–H groups in total. The number of halogens is 1. The third-order valence-corrected chi connectivity index (χ3v) is 3.61. The van der Waals surface area contributed by atoms with Gasteiger partial charge in [-0.05, 0) is 30.7 Å². The van der Waals surface area contributed by atoms with Gasteiger partial charge >= 0.3 is 0 Å². The van der Waals surface area contributed by atoms with Crippen LogP contribution in [0.25, 0.3) is 0 Å². The average Bonchev–Trinajstić information content (AvgIpc) is 2.62. The highest BCUT2D eigenvalue weighted by molar-refractivity contribution is 14.0. The standard InChI is InChI=1S/C19H25N3O3.HI/c1-14-7-4-5-8-17(14)25-12-6-11-21-19(20)22-16-13-15(23-2)9-10-18(16)24-3;/h4-5,7-10,13H,6,11-12H2,1-3H3,(H3,20,21,22);1H. The van der Waals surface area contributed by atoms with Gasteiger partial charge in [-0.2, -0.15) is 0 Å². The molecule has 0 aliphatic carbocycles. The van der Waals surface area contributed by atoms with Gasteiger partial charge in [0.15, 0.2) is 5.96 Å². The zero-order chi connectivity index (χ0) is 18.1. The van der Waals surface area contributed by atoms with Crippen molar-refractivity contribution in [2.24, 2.45) is 10.7 Å². The first-order valence-corrected chi connectivity index (χ1v) is 8.11. The highest BCUT2D eigenvalue weighted by atomic mass is 127. The summed E-state index contributed by atoms with van der Waals surface area (Å²) in [5.74, 6) is 2.60. The van der Waals surface area contributed by atoms with Gasteiger partial charge in [-0.15, -0.1) is 24.0 Å². The number of benzene rings is 2. The average molecular weight is 471 g/mol. The third kappa shape index (κ3) is 6.62. The van der Waals surface area contributed by atoms with E-state index in [4.69, 9.17) is 19.9 Å². The monoisotopic (exact) mass is 471 g/mol. The number of ether oxygens (including phenoxy) is 3. The van der Waals surface area contributed by atoms with Gasteiger partial charge in [-0.1, -0.05) is 18.2 Å². The van der Waals surface area contributed by atoms with Crippen LogP contribution in [0.5, 0.6) is 17.2 Å². The molecule has 6 nitrogen and oxygen atoms in total. The Morgan fingerprint density at radius 3 is 2.54 bits per heavy atom. The van der Waals surface area contributed by atoms with Crippen LogP contribution in [0, 0.1) is 6.92 Å². The molecule has 0 saturated heterocycles. The second-order valence-corrected chi connectivity index (χ2v) is 5.43. The zero-order valence-corrected chi connectivity index (χ0v) is 17.7. The van der Waals surface area contributed by atoms with E-state index in [-0.39, 0.29) is 24.0 Å². The molecule has 142 valence electrons. The largest absolute Gasteiger partial charge is 0.497 e. The summed E-state index contributed by atoms with van der Waals surface area (Å²) in [4.78, 5) is 4.31. The van der Waals surface area contributed by atoms with Crippen molar-refractivity contribution in [2.45, 2.75) is 13.3 Å². The molecule has 26 heavy (non-hydrogen) atoms. The van der Waals surface area contributed by atoms with Crippen LogP contribution < -0.4 is 25.3 Å². The summed E-state index contributed by atoms with van der Waals surface area (Å²) in [5, 5.41) is 3.04. The van der Waals surface area contributed by atoms with E-state index in [2.05, 4.69) is 10.3 Å². The summed E-state index contributed by atoms with van der Waals surface area (Å²) in [7, 11) is 3.21. The van der Waals surface area contributed by atoms with Crippen molar-refractivity contribution in [1.82, 2.24) is 0 Å². The number of methoxy groups -OCH3 is 2. The quantitative estimate of drug-likeness (QED) is 0.265. The SMILES string of the molecule is COc1ccc(OC)c(NC(N)=NCCCOc2ccccc2C)c1.I. The molecule has 0 amide bonds. The van der Waals surface area contributed by atoms with Crippen LogP contribution in [0.1, 0.15) is 12.0 Å². The molecule has 0 unspecified atom stereocenters. The molecule has 2 aromatic rings. The molecule has 0 aromatic heterocycles. The highest BCUT2D eigenvalue weighted by Crippen LogP contribution is 2.28. The number of rotatable bonds is 8. The Hall–Kier alpha value is -2.16. The number of aliphatic imine (C=N–C) groups is 1. The van der Waals surface area contributed by atoms with Gasteiger partial charge in [0.25, 0.3) is 0 Å². The molecule has 7 heteroatoms. The van der Waals surface area contributed by atoms with Gasteiger partial charge < -0.3 is 25.3 Å². The Balaban J connectivity index is 0.00000338. The van der Waals surface area contributed by atoms with Gasteiger partial charge in [-0.25, -0.2) is 0 Å². The maximum atomic E-state index is 5.94. The number of nitrogens with one attached hydrogen (secondary N) is 1. The van der Waals surface area contributed by atoms with Gasteiger partial charge in [0, 0.05) is 19.0 Å². The molecule has 0 aliphatic heterocycles. The molecule has 0 fully saturated rings. The van der Waals surface area contributed by atoms with Crippen LogP contribution in [-0.2, 0) is 0 Å². The van der Waals surface area contributed by atoms with Crippen LogP contribution in [-0.4, -0.2) is 33.3 Å². The Labute approximate surface area is 171 Å². The minimum atomic E-state index is 0. The summed E-state index contributed by atoms with van der Waals surface area (Å²) < 4.78 is 16.2. The van der Waals surface area contributed by atoms with E-state index in [9.17, 15) is 0 Å². The predicted molar refractivity (Wildman–Crippen MR) is 116 cm³/mol. The normalized spacial score (nSPS) is 10.7. The molecule has 0 aliphatic rings. The number of nitrogens with zero attached hydrogens (tertiary/aromatic N) is 1. The summed E-state index contributed by atoms with van der Waals surface area (Å²) in [5.41, 5.74) is 7.77. The van der Waals surface area contributed by atoms with Crippen LogP contribution >= 0.6 is 24.0 Å². The van der Waals surface area contributed by atoms with E-state index in [0.717, 1.165) is 17.7 Å². The number of aryl methyl sites for hydroxylation is 1. The number of hydrogen-bond donors (Lipinski definition) is 2. The molecule has 0 bridgehead atoms. The van der Waals surface area contributed by atoms with Crippen molar-refractivity contribution in [3.05, 3.63) is 48.0 Å². The maximum Gasteiger partial charge on any atom is 0.193 e. The van der Waals surface area contributed by atoms with E-state index in [1.54, 1.807) is 14.2 Å². The minimum Gasteiger partial charge on any atom is -0.497 e. The fourth-order valence-electron chi connectivity index (χ4n) is 2.25. The number of hydrogen-bond acceptors (Lipinski definition) is 4. The van der Waals surface area contributed by atoms with Gasteiger partial charge in [0.2, 0.25) is 0 Å². The Morgan fingerprint density at radius 1 is 1.08 bits per heavy atom. The zero-order valence-electron chi connectivity index (χ0n) is 15.3.